The lowest BCUT2D eigenvalue weighted by Crippen LogP contribution is -2.54. The largest absolute Gasteiger partial charge is 0.493 e. The number of methoxy groups -OCH3 is 2. The standard InChI is InChI=1S/C19H14BrN3O7/c1-29-15-8-10(14(23(27)28)9-16(15)30-2)7-13-17(24)21-19(26)22(18(13)25)12-5-3-11(20)4-6-12/h3-9H,1-2H3,(H,21,24,26)/b13-7+. The Kier molecular flexibility index (Phi) is 5.83. The summed E-state index contributed by atoms with van der Waals surface area (Å²) < 4.78 is 10.9. The van der Waals surface area contributed by atoms with Crippen LogP contribution in [0.1, 0.15) is 5.56 Å². The molecular formula is C19H14BrN3O7. The first-order chi connectivity index (χ1) is 14.3. The van der Waals surface area contributed by atoms with Gasteiger partial charge < -0.3 is 9.47 Å². The molecule has 1 aliphatic heterocycles. The highest BCUT2D eigenvalue weighted by molar-refractivity contribution is 9.10. The molecule has 0 aromatic heterocycles. The van der Waals surface area contributed by atoms with Gasteiger partial charge in [0.2, 0.25) is 0 Å². The fourth-order valence-electron chi connectivity index (χ4n) is 2.80. The van der Waals surface area contributed by atoms with E-state index in [0.29, 0.717) is 0 Å². The van der Waals surface area contributed by atoms with Crippen LogP contribution in [0.4, 0.5) is 16.2 Å². The van der Waals surface area contributed by atoms with Gasteiger partial charge in [-0.25, -0.2) is 9.69 Å². The molecule has 3 rings (SSSR count). The Hall–Kier alpha value is -3.73. The molecule has 11 heteroatoms. The van der Waals surface area contributed by atoms with Crippen LogP contribution in [0.2, 0.25) is 0 Å². The highest BCUT2D eigenvalue weighted by Gasteiger charge is 2.37. The summed E-state index contributed by atoms with van der Waals surface area (Å²) in [6.07, 6.45) is 1.04. The number of nitrogens with one attached hydrogen (secondary N) is 1. The van der Waals surface area contributed by atoms with E-state index in [9.17, 15) is 24.5 Å². The Bertz CT molecular complexity index is 1100. The van der Waals surface area contributed by atoms with Gasteiger partial charge in [0.15, 0.2) is 11.5 Å². The SMILES string of the molecule is COc1cc(/C=C2\C(=O)NC(=O)N(c3ccc(Br)cc3)C2=O)c([N+](=O)[O-])cc1OC. The maximum atomic E-state index is 12.9. The molecule has 1 saturated heterocycles. The average molecular weight is 476 g/mol. The van der Waals surface area contributed by atoms with E-state index in [1.54, 1.807) is 12.1 Å². The maximum absolute atomic E-state index is 12.9. The van der Waals surface area contributed by atoms with Crippen LogP contribution >= 0.6 is 15.9 Å². The molecule has 2 aromatic carbocycles. The van der Waals surface area contributed by atoms with Crippen molar-refractivity contribution in [2.45, 2.75) is 0 Å². The fourth-order valence-corrected chi connectivity index (χ4v) is 3.06. The van der Waals surface area contributed by atoms with Crippen molar-refractivity contribution in [1.82, 2.24) is 5.32 Å². The summed E-state index contributed by atoms with van der Waals surface area (Å²) in [5, 5.41) is 13.6. The minimum atomic E-state index is -0.970. The molecule has 1 fully saturated rings. The molecule has 30 heavy (non-hydrogen) atoms. The summed E-state index contributed by atoms with van der Waals surface area (Å²) in [5.41, 5.74) is -0.706. The quantitative estimate of drug-likeness (QED) is 0.304. The number of imide groups is 2. The van der Waals surface area contributed by atoms with Crippen LogP contribution in [-0.4, -0.2) is 37.0 Å². The zero-order valence-electron chi connectivity index (χ0n) is 15.7. The molecule has 2 aromatic rings. The van der Waals surface area contributed by atoms with Gasteiger partial charge in [0.25, 0.3) is 17.5 Å². The topological polar surface area (TPSA) is 128 Å². The highest BCUT2D eigenvalue weighted by atomic mass is 79.9. The van der Waals surface area contributed by atoms with E-state index in [4.69, 9.17) is 9.47 Å². The molecule has 154 valence electrons. The van der Waals surface area contributed by atoms with Crippen LogP contribution < -0.4 is 19.7 Å². The van der Waals surface area contributed by atoms with Gasteiger partial charge in [-0.1, -0.05) is 15.9 Å². The number of anilines is 1. The number of benzene rings is 2. The second-order valence-corrected chi connectivity index (χ2v) is 6.87. The minimum absolute atomic E-state index is 0.0683. The Balaban J connectivity index is 2.12. The van der Waals surface area contributed by atoms with Gasteiger partial charge in [-0.05, 0) is 36.4 Å². The normalized spacial score (nSPS) is 15.2. The van der Waals surface area contributed by atoms with E-state index in [1.807, 2.05) is 0 Å². The number of nitro benzene ring substituents is 1. The van der Waals surface area contributed by atoms with Crippen LogP contribution in [0.15, 0.2) is 46.4 Å². The van der Waals surface area contributed by atoms with Gasteiger partial charge in [0.1, 0.15) is 5.57 Å². The number of nitro groups is 1. The first kappa shape index (κ1) is 21.0. The monoisotopic (exact) mass is 475 g/mol. The van der Waals surface area contributed by atoms with E-state index in [1.165, 1.54) is 32.4 Å². The molecule has 1 aliphatic rings. The third-order valence-electron chi connectivity index (χ3n) is 4.22. The minimum Gasteiger partial charge on any atom is -0.493 e. The number of hydrogen-bond acceptors (Lipinski definition) is 7. The molecule has 0 radical (unpaired) electrons. The van der Waals surface area contributed by atoms with E-state index in [2.05, 4.69) is 21.2 Å². The summed E-state index contributed by atoms with van der Waals surface area (Å²) in [5.74, 6) is -1.62. The summed E-state index contributed by atoms with van der Waals surface area (Å²) in [6, 6.07) is 7.72. The Morgan fingerprint density at radius 3 is 2.23 bits per heavy atom. The summed E-state index contributed by atoms with van der Waals surface area (Å²) in [6.45, 7) is 0. The fraction of sp³-hybridized carbons (Fsp3) is 0.105. The van der Waals surface area contributed by atoms with E-state index in [0.717, 1.165) is 21.5 Å². The maximum Gasteiger partial charge on any atom is 0.335 e. The predicted molar refractivity (Wildman–Crippen MR) is 109 cm³/mol. The van der Waals surface area contributed by atoms with Crippen molar-refractivity contribution >= 4 is 51.2 Å². The smallest absolute Gasteiger partial charge is 0.335 e. The molecule has 0 bridgehead atoms. The van der Waals surface area contributed by atoms with E-state index in [-0.39, 0.29) is 22.7 Å². The van der Waals surface area contributed by atoms with Crippen molar-refractivity contribution in [3.05, 3.63) is 62.1 Å². The zero-order chi connectivity index (χ0) is 22.0. The first-order valence-corrected chi connectivity index (χ1v) is 9.13. The van der Waals surface area contributed by atoms with E-state index < -0.39 is 34.0 Å². The number of hydrogen-bond donors (Lipinski definition) is 1. The Morgan fingerprint density at radius 1 is 1.07 bits per heavy atom. The summed E-state index contributed by atoms with van der Waals surface area (Å²) in [4.78, 5) is 49.1. The van der Waals surface area contributed by atoms with Gasteiger partial charge in [0.05, 0.1) is 36.5 Å². The van der Waals surface area contributed by atoms with Crippen LogP contribution in [-0.2, 0) is 9.59 Å². The molecule has 0 atom stereocenters. The number of nitrogens with zero attached hydrogens (tertiary/aromatic N) is 2. The lowest BCUT2D eigenvalue weighted by atomic mass is 10.0. The molecule has 10 nitrogen and oxygen atoms in total. The second kappa shape index (κ2) is 8.33. The third kappa shape index (κ3) is 3.87. The van der Waals surface area contributed by atoms with Crippen molar-refractivity contribution in [3.63, 3.8) is 0 Å². The number of carbonyl (C=O) groups excluding carboxylic acids is 3. The number of halogens is 1. The van der Waals surface area contributed by atoms with Gasteiger partial charge in [-0.2, -0.15) is 0 Å². The molecule has 0 aliphatic carbocycles. The number of rotatable bonds is 5. The van der Waals surface area contributed by atoms with E-state index >= 15 is 0 Å². The van der Waals surface area contributed by atoms with Crippen LogP contribution in [0.3, 0.4) is 0 Å². The van der Waals surface area contributed by atoms with Crippen molar-refractivity contribution in [2.24, 2.45) is 0 Å². The lowest BCUT2D eigenvalue weighted by Gasteiger charge is -2.26. The van der Waals surface area contributed by atoms with Crippen molar-refractivity contribution < 1.29 is 28.8 Å². The predicted octanol–water partition coefficient (Wildman–Crippen LogP) is 3.04. The van der Waals surface area contributed by atoms with Crippen LogP contribution in [0.5, 0.6) is 11.5 Å². The Morgan fingerprint density at radius 2 is 1.67 bits per heavy atom. The van der Waals surface area contributed by atoms with Gasteiger partial charge in [0, 0.05) is 4.47 Å². The number of carbonyl (C=O) groups is 3. The number of amides is 4. The van der Waals surface area contributed by atoms with Crippen LogP contribution in [0.25, 0.3) is 6.08 Å². The molecule has 1 N–H and O–H groups in total. The van der Waals surface area contributed by atoms with Gasteiger partial charge >= 0.3 is 6.03 Å². The molecule has 0 spiro atoms. The molecule has 4 amide bonds. The van der Waals surface area contributed by atoms with Gasteiger partial charge in [-0.3, -0.25) is 25.0 Å². The molecule has 0 saturated carbocycles. The number of barbiturate groups is 1. The van der Waals surface area contributed by atoms with Crippen molar-refractivity contribution in [2.75, 3.05) is 19.1 Å². The van der Waals surface area contributed by atoms with Crippen molar-refractivity contribution in [1.29, 1.82) is 0 Å². The summed E-state index contributed by atoms with van der Waals surface area (Å²) in [7, 11) is 2.66. The average Bonchev–Trinajstić information content (AvgIpc) is 2.71. The molecule has 0 unspecified atom stereocenters. The Labute approximate surface area is 178 Å². The number of urea groups is 1. The first-order valence-electron chi connectivity index (χ1n) is 8.34. The van der Waals surface area contributed by atoms with Gasteiger partial charge in [-0.15, -0.1) is 0 Å². The number of ether oxygens (including phenoxy) is 2. The third-order valence-corrected chi connectivity index (χ3v) is 4.74. The van der Waals surface area contributed by atoms with Crippen LogP contribution in [0, 0.1) is 10.1 Å². The molecule has 1 heterocycles. The zero-order valence-corrected chi connectivity index (χ0v) is 17.3. The van der Waals surface area contributed by atoms with Crippen molar-refractivity contribution in [3.8, 4) is 11.5 Å². The summed E-state index contributed by atoms with van der Waals surface area (Å²) >= 11 is 3.26. The molecular weight excluding hydrogens is 462 g/mol. The lowest BCUT2D eigenvalue weighted by molar-refractivity contribution is -0.385. The highest BCUT2D eigenvalue weighted by Crippen LogP contribution is 2.36. The second-order valence-electron chi connectivity index (χ2n) is 5.96.